The maximum atomic E-state index is 14.1. The molecule has 2 N–H and O–H groups in total. The summed E-state index contributed by atoms with van der Waals surface area (Å²) in [6, 6.07) is 10.6. The van der Waals surface area contributed by atoms with Gasteiger partial charge in [0.1, 0.15) is 5.75 Å². The van der Waals surface area contributed by atoms with E-state index in [-0.39, 0.29) is 47.9 Å². The van der Waals surface area contributed by atoms with Gasteiger partial charge in [0.25, 0.3) is 5.91 Å². The number of ether oxygens (including phenoxy) is 2. The van der Waals surface area contributed by atoms with Crippen molar-refractivity contribution >= 4 is 31.6 Å². The summed E-state index contributed by atoms with van der Waals surface area (Å²) in [7, 11) is -5.88. The van der Waals surface area contributed by atoms with Crippen LogP contribution >= 0.6 is 0 Å². The van der Waals surface area contributed by atoms with Crippen molar-refractivity contribution in [2.45, 2.75) is 70.1 Å². The van der Waals surface area contributed by atoms with Crippen LogP contribution in [-0.2, 0) is 24.8 Å². The van der Waals surface area contributed by atoms with Gasteiger partial charge in [-0.15, -0.1) is 0 Å². The molecule has 0 aliphatic carbocycles. The second-order valence-electron chi connectivity index (χ2n) is 11.5. The molecular formula is C30H45N3O8S2. The van der Waals surface area contributed by atoms with Gasteiger partial charge in [-0.2, -0.15) is 4.31 Å². The summed E-state index contributed by atoms with van der Waals surface area (Å²) in [4.78, 5) is 15.8. The lowest BCUT2D eigenvalue weighted by Crippen LogP contribution is -2.48. The minimum absolute atomic E-state index is 0.0610. The number of rotatable bonds is 8. The number of carbonyl (C=O) groups excluding carboxylic acids is 1. The predicted molar refractivity (Wildman–Crippen MR) is 166 cm³/mol. The van der Waals surface area contributed by atoms with Crippen LogP contribution in [0.4, 0.5) is 5.69 Å². The van der Waals surface area contributed by atoms with Crippen LogP contribution in [-0.4, -0.2) is 94.9 Å². The molecule has 13 heteroatoms. The number of aryl methyl sites for hydroxylation is 1. The molecule has 43 heavy (non-hydrogen) atoms. The Hall–Kier alpha value is -2.71. The molecule has 1 aliphatic heterocycles. The molecule has 4 atom stereocenters. The minimum atomic E-state index is -3.79. The van der Waals surface area contributed by atoms with E-state index >= 15 is 0 Å². The van der Waals surface area contributed by atoms with Gasteiger partial charge in [0.05, 0.1) is 41.6 Å². The van der Waals surface area contributed by atoms with Gasteiger partial charge in [-0.05, 0) is 70.4 Å². The van der Waals surface area contributed by atoms with E-state index < -0.39 is 38.1 Å². The highest BCUT2D eigenvalue weighted by Gasteiger charge is 2.32. The standard InChI is InChI=1S/C30H45N3O8S2/c1-21-10-13-26(14-11-21)43(38,39)32(5)19-29-22(2)18-33(23(3)20-34)30(35)27-17-25(31-42(6,36)37)12-15-28(27)41-24(4)9-7-8-16-40-29/h10-15,17,22-24,29,31,34H,7-9,16,18-20H2,1-6H3/t22-,23-,24-,29+/m0/s1. The summed E-state index contributed by atoms with van der Waals surface area (Å²) in [5, 5.41) is 10.1. The normalized spacial score (nSPS) is 21.9. The number of sulfonamides is 2. The Morgan fingerprint density at radius 2 is 1.77 bits per heavy atom. The van der Waals surface area contributed by atoms with Crippen molar-refractivity contribution in [3.05, 3.63) is 53.6 Å². The van der Waals surface area contributed by atoms with E-state index in [2.05, 4.69) is 4.72 Å². The van der Waals surface area contributed by atoms with Crippen LogP contribution in [0, 0.1) is 12.8 Å². The van der Waals surface area contributed by atoms with Crippen LogP contribution in [0.3, 0.4) is 0 Å². The number of carbonyl (C=O) groups is 1. The van der Waals surface area contributed by atoms with Crippen LogP contribution in [0.5, 0.6) is 5.75 Å². The molecule has 2 aromatic carbocycles. The summed E-state index contributed by atoms with van der Waals surface area (Å²) < 4.78 is 66.7. The molecule has 1 amide bonds. The summed E-state index contributed by atoms with van der Waals surface area (Å²) >= 11 is 0. The second-order valence-corrected chi connectivity index (χ2v) is 15.3. The molecule has 0 fully saturated rings. The fraction of sp³-hybridized carbons (Fsp3) is 0.567. The Morgan fingerprint density at radius 1 is 1.09 bits per heavy atom. The number of anilines is 1. The zero-order valence-electron chi connectivity index (χ0n) is 25.8. The van der Waals surface area contributed by atoms with Crippen LogP contribution < -0.4 is 9.46 Å². The van der Waals surface area contributed by atoms with Gasteiger partial charge in [0.15, 0.2) is 0 Å². The molecule has 0 aromatic heterocycles. The Labute approximate surface area is 256 Å². The third kappa shape index (κ3) is 9.64. The molecule has 11 nitrogen and oxygen atoms in total. The van der Waals surface area contributed by atoms with Crippen LogP contribution in [0.15, 0.2) is 47.4 Å². The zero-order chi connectivity index (χ0) is 31.9. The lowest BCUT2D eigenvalue weighted by atomic mass is 10.0. The van der Waals surface area contributed by atoms with Gasteiger partial charge in [-0.3, -0.25) is 9.52 Å². The van der Waals surface area contributed by atoms with E-state index in [1.165, 1.54) is 22.3 Å². The number of nitrogens with one attached hydrogen (secondary N) is 1. The van der Waals surface area contributed by atoms with Crippen molar-refractivity contribution in [3.8, 4) is 5.75 Å². The van der Waals surface area contributed by atoms with E-state index in [0.29, 0.717) is 18.8 Å². The molecule has 3 rings (SSSR count). The molecule has 0 bridgehead atoms. The lowest BCUT2D eigenvalue weighted by molar-refractivity contribution is -0.00833. The number of fused-ring (bicyclic) bond motifs is 1. The summed E-state index contributed by atoms with van der Waals surface area (Å²) in [6.45, 7) is 7.66. The number of aliphatic hydroxyl groups is 1. The van der Waals surface area contributed by atoms with E-state index in [0.717, 1.165) is 24.7 Å². The molecule has 0 unspecified atom stereocenters. The first-order chi connectivity index (χ1) is 20.1. The maximum Gasteiger partial charge on any atom is 0.258 e. The van der Waals surface area contributed by atoms with Crippen molar-refractivity contribution in [1.82, 2.24) is 9.21 Å². The van der Waals surface area contributed by atoms with Gasteiger partial charge in [-0.1, -0.05) is 24.6 Å². The Morgan fingerprint density at radius 3 is 2.40 bits per heavy atom. The Balaban J connectivity index is 1.98. The summed E-state index contributed by atoms with van der Waals surface area (Å²) in [5.74, 6) is -0.477. The molecule has 0 saturated heterocycles. The summed E-state index contributed by atoms with van der Waals surface area (Å²) in [5.41, 5.74) is 1.32. The van der Waals surface area contributed by atoms with E-state index in [1.54, 1.807) is 43.3 Å². The molecule has 1 aliphatic rings. The van der Waals surface area contributed by atoms with Crippen LogP contribution in [0.2, 0.25) is 0 Å². The number of hydrogen-bond acceptors (Lipinski definition) is 8. The highest BCUT2D eigenvalue weighted by molar-refractivity contribution is 7.92. The number of amides is 1. The second kappa shape index (κ2) is 14.8. The first-order valence-electron chi connectivity index (χ1n) is 14.5. The molecule has 0 radical (unpaired) electrons. The topological polar surface area (TPSA) is 143 Å². The van der Waals surface area contributed by atoms with Crippen molar-refractivity contribution in [1.29, 1.82) is 0 Å². The first kappa shape index (κ1) is 34.8. The highest BCUT2D eigenvalue weighted by Crippen LogP contribution is 2.29. The third-order valence-electron chi connectivity index (χ3n) is 7.52. The molecule has 2 aromatic rings. The molecule has 240 valence electrons. The van der Waals surface area contributed by atoms with E-state index in [4.69, 9.17) is 9.47 Å². The van der Waals surface area contributed by atoms with Gasteiger partial charge in [-0.25, -0.2) is 16.8 Å². The van der Waals surface area contributed by atoms with Crippen molar-refractivity contribution in [3.63, 3.8) is 0 Å². The van der Waals surface area contributed by atoms with E-state index in [9.17, 15) is 26.7 Å². The zero-order valence-corrected chi connectivity index (χ0v) is 27.4. The third-order valence-corrected chi connectivity index (χ3v) is 9.97. The number of hydrogen-bond donors (Lipinski definition) is 2. The summed E-state index contributed by atoms with van der Waals surface area (Å²) in [6.07, 6.45) is 2.42. The molecule has 0 spiro atoms. The fourth-order valence-electron chi connectivity index (χ4n) is 4.90. The fourth-order valence-corrected chi connectivity index (χ4v) is 6.64. The van der Waals surface area contributed by atoms with Gasteiger partial charge in [0, 0.05) is 38.3 Å². The number of benzene rings is 2. The van der Waals surface area contributed by atoms with Gasteiger partial charge >= 0.3 is 0 Å². The van der Waals surface area contributed by atoms with Gasteiger partial charge < -0.3 is 19.5 Å². The SMILES string of the molecule is Cc1ccc(S(=O)(=O)N(C)C[C@H]2OCCCC[C@H](C)Oc3ccc(NS(C)(=O)=O)cc3C(=O)N([C@@H](C)CO)C[C@@H]2C)cc1. The average molecular weight is 640 g/mol. The average Bonchev–Trinajstić information content (AvgIpc) is 2.93. The van der Waals surface area contributed by atoms with Crippen LogP contribution in [0.25, 0.3) is 0 Å². The minimum Gasteiger partial charge on any atom is -0.490 e. The highest BCUT2D eigenvalue weighted by atomic mass is 32.2. The monoisotopic (exact) mass is 639 g/mol. The number of nitrogens with zero attached hydrogens (tertiary/aromatic N) is 2. The smallest absolute Gasteiger partial charge is 0.258 e. The Kier molecular flexibility index (Phi) is 12.0. The molecule has 0 saturated carbocycles. The largest absolute Gasteiger partial charge is 0.490 e. The van der Waals surface area contributed by atoms with Crippen molar-refractivity contribution < 1.29 is 36.2 Å². The molecular weight excluding hydrogens is 594 g/mol. The van der Waals surface area contributed by atoms with E-state index in [1.807, 2.05) is 20.8 Å². The number of likely N-dealkylation sites (N-methyl/N-ethyl adjacent to an activating group) is 1. The lowest BCUT2D eigenvalue weighted by Gasteiger charge is -2.35. The predicted octanol–water partition coefficient (Wildman–Crippen LogP) is 3.48. The maximum absolute atomic E-state index is 14.1. The quantitative estimate of drug-likeness (QED) is 0.447. The number of aliphatic hydroxyl groups excluding tert-OH is 1. The Bertz CT molecular complexity index is 1450. The van der Waals surface area contributed by atoms with Gasteiger partial charge in [0.2, 0.25) is 20.0 Å². The molecule has 1 heterocycles. The van der Waals surface area contributed by atoms with Crippen LogP contribution in [0.1, 0.15) is 56.0 Å². The van der Waals surface area contributed by atoms with Crippen molar-refractivity contribution in [2.75, 3.05) is 44.3 Å². The van der Waals surface area contributed by atoms with Crippen molar-refractivity contribution in [2.24, 2.45) is 5.92 Å². The first-order valence-corrected chi connectivity index (χ1v) is 17.8.